The Morgan fingerprint density at radius 3 is 2.22 bits per heavy atom. The third-order valence-corrected chi connectivity index (χ3v) is 8.00. The van der Waals surface area contributed by atoms with Crippen molar-refractivity contribution < 1.29 is 27.2 Å². The van der Waals surface area contributed by atoms with Crippen LogP contribution in [0.25, 0.3) is 0 Å². The number of likely N-dealkylation sites (tertiary alicyclic amines) is 1. The molecule has 32 heavy (non-hydrogen) atoms. The second-order valence-electron chi connectivity index (χ2n) is 8.24. The van der Waals surface area contributed by atoms with E-state index in [9.17, 15) is 18.0 Å². The maximum atomic E-state index is 12.9. The third-order valence-electron chi connectivity index (χ3n) is 6.23. The Balaban J connectivity index is 1.37. The molecule has 2 aromatic rings. The zero-order valence-electron chi connectivity index (χ0n) is 18.2. The van der Waals surface area contributed by atoms with Crippen LogP contribution in [-0.2, 0) is 10.0 Å². The zero-order chi connectivity index (χ0) is 22.7. The van der Waals surface area contributed by atoms with Gasteiger partial charge in [-0.3, -0.25) is 9.59 Å². The zero-order valence-corrected chi connectivity index (χ0v) is 19.0. The van der Waals surface area contributed by atoms with E-state index in [0.29, 0.717) is 50.3 Å². The molecule has 9 heteroatoms. The smallest absolute Gasteiger partial charge is 0.289 e. The highest BCUT2D eigenvalue weighted by Crippen LogP contribution is 2.26. The van der Waals surface area contributed by atoms with Gasteiger partial charge in [0.1, 0.15) is 5.75 Å². The Morgan fingerprint density at radius 2 is 1.59 bits per heavy atom. The highest BCUT2D eigenvalue weighted by molar-refractivity contribution is 7.89. The van der Waals surface area contributed by atoms with E-state index in [1.165, 1.54) is 16.4 Å². The quantitative estimate of drug-likeness (QED) is 0.614. The highest BCUT2D eigenvalue weighted by atomic mass is 32.2. The van der Waals surface area contributed by atoms with Gasteiger partial charge < -0.3 is 14.1 Å². The van der Waals surface area contributed by atoms with E-state index in [2.05, 4.69) is 0 Å². The van der Waals surface area contributed by atoms with Gasteiger partial charge in [-0.25, -0.2) is 8.42 Å². The summed E-state index contributed by atoms with van der Waals surface area (Å²) in [6, 6.07) is 9.82. The van der Waals surface area contributed by atoms with E-state index in [0.717, 1.165) is 19.3 Å². The van der Waals surface area contributed by atoms with Crippen molar-refractivity contribution in [2.75, 3.05) is 33.3 Å². The van der Waals surface area contributed by atoms with E-state index < -0.39 is 10.0 Å². The number of ether oxygens (including phenoxy) is 1. The lowest BCUT2D eigenvalue weighted by Gasteiger charge is -2.30. The molecule has 0 spiro atoms. The van der Waals surface area contributed by atoms with Crippen LogP contribution in [0, 0.1) is 5.92 Å². The van der Waals surface area contributed by atoms with Crippen molar-refractivity contribution >= 4 is 21.7 Å². The van der Waals surface area contributed by atoms with Crippen molar-refractivity contribution in [2.45, 2.75) is 37.2 Å². The van der Waals surface area contributed by atoms with Crippen molar-refractivity contribution in [1.82, 2.24) is 9.21 Å². The topological polar surface area (TPSA) is 97.1 Å². The summed E-state index contributed by atoms with van der Waals surface area (Å²) in [5, 5.41) is -0.188. The maximum Gasteiger partial charge on any atom is 0.289 e. The van der Waals surface area contributed by atoms with Crippen LogP contribution in [0.3, 0.4) is 0 Å². The Kier molecular flexibility index (Phi) is 6.66. The largest absolute Gasteiger partial charge is 0.497 e. The van der Waals surface area contributed by atoms with E-state index in [-0.39, 0.29) is 28.5 Å². The van der Waals surface area contributed by atoms with Gasteiger partial charge in [-0.2, -0.15) is 4.31 Å². The van der Waals surface area contributed by atoms with Gasteiger partial charge in [0, 0.05) is 37.7 Å². The monoisotopic (exact) mass is 460 g/mol. The molecule has 0 unspecified atom stereocenters. The summed E-state index contributed by atoms with van der Waals surface area (Å²) in [5.74, 6) is 0.273. The number of benzene rings is 1. The van der Waals surface area contributed by atoms with E-state index in [1.54, 1.807) is 36.3 Å². The van der Waals surface area contributed by atoms with Gasteiger partial charge in [-0.1, -0.05) is 6.42 Å². The molecule has 2 aliphatic heterocycles. The minimum atomic E-state index is -3.72. The predicted molar refractivity (Wildman–Crippen MR) is 117 cm³/mol. The molecule has 1 aromatic carbocycles. The summed E-state index contributed by atoms with van der Waals surface area (Å²) in [7, 11) is -2.14. The van der Waals surface area contributed by atoms with Crippen molar-refractivity contribution in [1.29, 1.82) is 0 Å². The second-order valence-corrected chi connectivity index (χ2v) is 10.1. The number of amides is 1. The number of rotatable bonds is 6. The molecule has 0 radical (unpaired) electrons. The number of methoxy groups -OCH3 is 1. The Hall–Kier alpha value is -2.65. The molecule has 4 rings (SSSR count). The molecule has 0 aliphatic carbocycles. The van der Waals surface area contributed by atoms with Gasteiger partial charge >= 0.3 is 0 Å². The molecule has 2 aliphatic rings. The summed E-state index contributed by atoms with van der Waals surface area (Å²) in [4.78, 5) is 27.3. The number of piperidine rings is 2. The fraction of sp³-hybridized carbons (Fsp3) is 0.478. The lowest BCUT2D eigenvalue weighted by atomic mass is 9.89. The van der Waals surface area contributed by atoms with E-state index in [4.69, 9.17) is 9.15 Å². The third kappa shape index (κ3) is 4.59. The molecule has 0 atom stereocenters. The number of sulfonamides is 1. The minimum absolute atomic E-state index is 0.0144. The Bertz CT molecular complexity index is 1060. The Labute approximate surface area is 188 Å². The molecule has 3 heterocycles. The van der Waals surface area contributed by atoms with Gasteiger partial charge in [0.25, 0.3) is 15.9 Å². The molecule has 2 saturated heterocycles. The molecule has 1 amide bonds. The first-order valence-corrected chi connectivity index (χ1v) is 12.4. The summed E-state index contributed by atoms with van der Waals surface area (Å²) in [6.45, 7) is 1.78. The van der Waals surface area contributed by atoms with Crippen LogP contribution in [0.1, 0.15) is 53.0 Å². The van der Waals surface area contributed by atoms with E-state index in [1.807, 2.05) is 0 Å². The fourth-order valence-corrected chi connectivity index (χ4v) is 5.73. The normalized spacial score (nSPS) is 18.5. The van der Waals surface area contributed by atoms with Gasteiger partial charge in [0.05, 0.1) is 7.11 Å². The number of carbonyl (C=O) groups is 2. The minimum Gasteiger partial charge on any atom is -0.497 e. The molecular formula is C23H28N2O6S. The number of hydrogen-bond donors (Lipinski definition) is 0. The number of Topliss-reactive ketones (excluding diaryl/α,β-unsaturated/α-hetero) is 1. The molecule has 1 aromatic heterocycles. The summed E-state index contributed by atoms with van der Waals surface area (Å²) < 4.78 is 37.5. The number of nitrogens with zero attached hydrogens (tertiary/aromatic N) is 2. The Morgan fingerprint density at radius 1 is 0.938 bits per heavy atom. The first-order chi connectivity index (χ1) is 15.4. The van der Waals surface area contributed by atoms with Crippen LogP contribution in [0.2, 0.25) is 0 Å². The first-order valence-electron chi connectivity index (χ1n) is 11.0. The molecule has 0 saturated carbocycles. The van der Waals surface area contributed by atoms with Crippen molar-refractivity contribution in [3.63, 3.8) is 0 Å². The van der Waals surface area contributed by atoms with Crippen LogP contribution in [0.4, 0.5) is 0 Å². The molecule has 2 fully saturated rings. The molecule has 0 bridgehead atoms. The molecule has 0 N–H and O–H groups in total. The van der Waals surface area contributed by atoms with Gasteiger partial charge in [-0.05, 0) is 62.1 Å². The lowest BCUT2D eigenvalue weighted by Crippen LogP contribution is -2.40. The van der Waals surface area contributed by atoms with Crippen LogP contribution in [0.15, 0.2) is 45.9 Å². The number of carbonyl (C=O) groups excluding carboxylic acids is 2. The van der Waals surface area contributed by atoms with Crippen molar-refractivity contribution in [3.05, 3.63) is 47.7 Å². The van der Waals surface area contributed by atoms with Gasteiger partial charge in [-0.15, -0.1) is 0 Å². The lowest BCUT2D eigenvalue weighted by molar-refractivity contribution is 0.0619. The summed E-state index contributed by atoms with van der Waals surface area (Å²) in [5.41, 5.74) is 0.633. The average Bonchev–Trinajstić information content (AvgIpc) is 3.35. The number of ketones is 1. The first kappa shape index (κ1) is 22.5. The van der Waals surface area contributed by atoms with Gasteiger partial charge in [0.2, 0.25) is 5.09 Å². The van der Waals surface area contributed by atoms with Crippen LogP contribution in [0.5, 0.6) is 5.75 Å². The average molecular weight is 461 g/mol. The predicted octanol–water partition coefficient (Wildman–Crippen LogP) is 3.20. The van der Waals surface area contributed by atoms with Crippen molar-refractivity contribution in [2.24, 2.45) is 5.92 Å². The molecule has 8 nitrogen and oxygen atoms in total. The fourth-order valence-electron chi connectivity index (χ4n) is 4.30. The second kappa shape index (κ2) is 9.46. The molecule has 172 valence electrons. The molecular weight excluding hydrogens is 432 g/mol. The van der Waals surface area contributed by atoms with E-state index >= 15 is 0 Å². The summed E-state index contributed by atoms with van der Waals surface area (Å²) in [6.07, 6.45) is 3.78. The van der Waals surface area contributed by atoms with Crippen molar-refractivity contribution in [3.8, 4) is 5.75 Å². The number of hydrogen-bond acceptors (Lipinski definition) is 6. The van der Waals surface area contributed by atoms with Crippen LogP contribution in [-0.4, -0.2) is 62.6 Å². The van der Waals surface area contributed by atoms with Crippen LogP contribution >= 0.6 is 0 Å². The standard InChI is InChI=1S/C23H28N2O6S/c1-30-19-7-5-17(6-8-19)22(26)18-11-15-24(16-12-18)23(27)20-9-10-21(31-20)32(28,29)25-13-3-2-4-14-25/h5-10,18H,2-4,11-16H2,1H3. The maximum absolute atomic E-state index is 12.9. The SMILES string of the molecule is COc1ccc(C(=O)C2CCN(C(=O)c3ccc(S(=O)(=O)N4CCCCC4)o3)CC2)cc1. The number of furan rings is 1. The van der Waals surface area contributed by atoms with Crippen LogP contribution < -0.4 is 4.74 Å². The highest BCUT2D eigenvalue weighted by Gasteiger charge is 2.32. The van der Waals surface area contributed by atoms with Gasteiger partial charge in [0.15, 0.2) is 11.5 Å². The summed E-state index contributed by atoms with van der Waals surface area (Å²) >= 11 is 0.